The van der Waals surface area contributed by atoms with Gasteiger partial charge in [-0.1, -0.05) is 0 Å². The van der Waals surface area contributed by atoms with E-state index in [-0.39, 0.29) is 37.0 Å². The second-order valence-corrected chi connectivity index (χ2v) is 6.78. The highest BCUT2D eigenvalue weighted by molar-refractivity contribution is 7.60. The molecule has 8 N–H and O–H groups in total. The third-order valence-corrected chi connectivity index (χ3v) is 3.87. The number of imidazole rings is 1. The van der Waals surface area contributed by atoms with Crippen LogP contribution in [0.4, 0.5) is 5.95 Å². The lowest BCUT2D eigenvalue weighted by molar-refractivity contribution is 0.0499. The SMILES string of the molecule is Nc1nc2c(ncn2COCCO)c(=O)[nH]1.O=P(O)(O)OP(=O)(O)O. The van der Waals surface area contributed by atoms with Crippen LogP contribution in [0.15, 0.2) is 11.1 Å². The van der Waals surface area contributed by atoms with Crippen LogP contribution >= 0.6 is 15.6 Å². The number of aromatic nitrogens is 4. The molecule has 0 atom stereocenters. The molecule has 0 unspecified atom stereocenters. The fraction of sp³-hybridized carbons (Fsp3) is 0.375. The average Bonchev–Trinajstić information content (AvgIpc) is 2.79. The largest absolute Gasteiger partial charge is 0.478 e. The van der Waals surface area contributed by atoms with Crippen LogP contribution in [-0.2, 0) is 24.9 Å². The molecule has 0 saturated carbocycles. The number of phosphoric acid groups is 2. The Kier molecular flexibility index (Phi) is 7.37. The second-order valence-electron chi connectivity index (χ2n) is 4.16. The van der Waals surface area contributed by atoms with E-state index in [1.54, 1.807) is 0 Å². The summed E-state index contributed by atoms with van der Waals surface area (Å²) in [5.41, 5.74) is 5.60. The number of anilines is 1. The van der Waals surface area contributed by atoms with Gasteiger partial charge in [-0.2, -0.15) is 9.29 Å². The van der Waals surface area contributed by atoms with Gasteiger partial charge in [0.25, 0.3) is 5.56 Å². The van der Waals surface area contributed by atoms with Gasteiger partial charge in [0, 0.05) is 0 Å². The smallest absolute Gasteiger partial charge is 0.394 e. The van der Waals surface area contributed by atoms with E-state index >= 15 is 0 Å². The van der Waals surface area contributed by atoms with Crippen LogP contribution in [0, 0.1) is 0 Å². The maximum absolute atomic E-state index is 11.4. The van der Waals surface area contributed by atoms with E-state index in [2.05, 4.69) is 19.3 Å². The van der Waals surface area contributed by atoms with Gasteiger partial charge in [-0.15, -0.1) is 0 Å². The highest BCUT2D eigenvalue weighted by Crippen LogP contribution is 2.53. The number of hydrogen-bond donors (Lipinski definition) is 7. The van der Waals surface area contributed by atoms with Crippen molar-refractivity contribution >= 4 is 32.8 Å². The standard InChI is InChI=1S/C8H11N5O3.H4O7P2/c9-8-11-6-5(7(15)12-8)10-3-13(6)4-16-2-1-14;1-8(2,3)7-9(4,5)6/h3,14H,1-2,4H2,(H3,9,11,12,15);(H2,1,2,3)(H2,4,5,6). The second kappa shape index (κ2) is 8.62. The molecule has 25 heavy (non-hydrogen) atoms. The van der Waals surface area contributed by atoms with E-state index < -0.39 is 15.6 Å². The summed E-state index contributed by atoms with van der Waals surface area (Å²) in [7, 11) is -10.1. The van der Waals surface area contributed by atoms with Crippen molar-refractivity contribution in [1.82, 2.24) is 19.5 Å². The molecule has 0 saturated heterocycles. The van der Waals surface area contributed by atoms with Crippen LogP contribution in [0.5, 0.6) is 0 Å². The van der Waals surface area contributed by atoms with Crippen LogP contribution in [0.2, 0.25) is 0 Å². The number of nitrogen functional groups attached to an aromatic ring is 1. The van der Waals surface area contributed by atoms with Gasteiger partial charge < -0.3 is 35.2 Å². The zero-order valence-electron chi connectivity index (χ0n) is 12.3. The molecule has 0 aliphatic heterocycles. The van der Waals surface area contributed by atoms with Gasteiger partial charge in [-0.25, -0.2) is 14.1 Å². The monoisotopic (exact) mass is 403 g/mol. The van der Waals surface area contributed by atoms with Gasteiger partial charge in [-0.3, -0.25) is 14.3 Å². The Bertz CT molecular complexity index is 833. The van der Waals surface area contributed by atoms with E-state index in [4.69, 9.17) is 35.2 Å². The number of nitrogens with two attached hydrogens (primary N) is 1. The highest BCUT2D eigenvalue weighted by atomic mass is 31.3. The predicted molar refractivity (Wildman–Crippen MR) is 80.8 cm³/mol. The van der Waals surface area contributed by atoms with Crippen molar-refractivity contribution in [3.63, 3.8) is 0 Å². The van der Waals surface area contributed by atoms with E-state index in [1.165, 1.54) is 10.9 Å². The predicted octanol–water partition coefficient (Wildman–Crippen LogP) is -2.14. The van der Waals surface area contributed by atoms with Crippen LogP contribution in [-0.4, -0.2) is 57.4 Å². The molecule has 0 amide bonds. The third-order valence-electron chi connectivity index (χ3n) is 2.17. The van der Waals surface area contributed by atoms with Crippen molar-refractivity contribution in [2.24, 2.45) is 0 Å². The molecule has 0 radical (unpaired) electrons. The maximum Gasteiger partial charge on any atom is 0.478 e. The molecule has 0 aromatic carbocycles. The first-order chi connectivity index (χ1) is 11.4. The summed E-state index contributed by atoms with van der Waals surface area (Å²) >= 11 is 0. The van der Waals surface area contributed by atoms with Crippen LogP contribution in [0.1, 0.15) is 0 Å². The van der Waals surface area contributed by atoms with Gasteiger partial charge in [0.05, 0.1) is 19.5 Å². The summed E-state index contributed by atoms with van der Waals surface area (Å²) in [5, 5.41) is 8.56. The minimum absolute atomic E-state index is 0.0291. The minimum atomic E-state index is -5.05. The molecule has 2 aromatic heterocycles. The summed E-state index contributed by atoms with van der Waals surface area (Å²) in [6.45, 7) is 0.300. The van der Waals surface area contributed by atoms with Crippen molar-refractivity contribution in [3.05, 3.63) is 16.7 Å². The molecule has 15 nitrogen and oxygen atoms in total. The number of rotatable bonds is 6. The lowest BCUT2D eigenvalue weighted by Gasteiger charge is -2.03. The zero-order valence-corrected chi connectivity index (χ0v) is 14.1. The summed E-state index contributed by atoms with van der Waals surface area (Å²) in [4.78, 5) is 52.6. The van der Waals surface area contributed by atoms with Gasteiger partial charge >= 0.3 is 15.6 Å². The summed E-state index contributed by atoms with van der Waals surface area (Å²) in [6, 6.07) is 0. The first-order valence-corrected chi connectivity index (χ1v) is 9.20. The quantitative estimate of drug-likeness (QED) is 0.201. The molecule has 17 heteroatoms. The normalized spacial score (nSPS) is 12.0. The summed E-state index contributed by atoms with van der Waals surface area (Å²) in [6.07, 6.45) is 1.43. The summed E-state index contributed by atoms with van der Waals surface area (Å²) < 4.78 is 28.8. The number of hydrogen-bond acceptors (Lipinski definition) is 9. The van der Waals surface area contributed by atoms with Gasteiger partial charge in [-0.05, 0) is 0 Å². The Hall–Kier alpha value is -1.67. The lowest BCUT2D eigenvalue weighted by atomic mass is 10.5. The van der Waals surface area contributed by atoms with Crippen molar-refractivity contribution < 1.29 is 42.9 Å². The molecule has 0 bridgehead atoms. The number of aliphatic hydroxyl groups excluding tert-OH is 1. The molecule has 2 aromatic rings. The number of fused-ring (bicyclic) bond motifs is 1. The van der Waals surface area contributed by atoms with Crippen molar-refractivity contribution in [2.45, 2.75) is 6.73 Å². The third kappa shape index (κ3) is 7.83. The Labute approximate surface area is 138 Å². The van der Waals surface area contributed by atoms with Crippen molar-refractivity contribution in [2.75, 3.05) is 18.9 Å². The lowest BCUT2D eigenvalue weighted by Crippen LogP contribution is -2.13. The first kappa shape index (κ1) is 21.4. The van der Waals surface area contributed by atoms with Gasteiger partial charge in [0.15, 0.2) is 11.2 Å². The van der Waals surface area contributed by atoms with Crippen molar-refractivity contribution in [1.29, 1.82) is 0 Å². The maximum atomic E-state index is 11.4. The van der Waals surface area contributed by atoms with Crippen LogP contribution in [0.25, 0.3) is 11.2 Å². The Morgan fingerprint density at radius 1 is 1.24 bits per heavy atom. The summed E-state index contributed by atoms with van der Waals surface area (Å²) in [5.74, 6) is 0.0291. The Morgan fingerprint density at radius 3 is 2.32 bits per heavy atom. The minimum Gasteiger partial charge on any atom is -0.394 e. The van der Waals surface area contributed by atoms with E-state index in [0.717, 1.165) is 0 Å². The molecule has 142 valence electrons. The highest BCUT2D eigenvalue weighted by Gasteiger charge is 2.27. The number of nitrogens with zero attached hydrogens (tertiary/aromatic N) is 3. The molecule has 0 aliphatic carbocycles. The number of aromatic amines is 1. The number of H-pyrrole nitrogens is 1. The first-order valence-electron chi connectivity index (χ1n) is 6.14. The Morgan fingerprint density at radius 2 is 1.84 bits per heavy atom. The topological polar surface area (TPSA) is 243 Å². The van der Waals surface area contributed by atoms with Gasteiger partial charge in [0.1, 0.15) is 6.73 Å². The van der Waals surface area contributed by atoms with E-state index in [0.29, 0.717) is 5.65 Å². The average molecular weight is 403 g/mol. The number of nitrogens with one attached hydrogen (secondary N) is 1. The Balaban J connectivity index is 0.000000299. The molecule has 2 heterocycles. The fourth-order valence-electron chi connectivity index (χ4n) is 1.43. The van der Waals surface area contributed by atoms with E-state index in [9.17, 15) is 13.9 Å². The van der Waals surface area contributed by atoms with Gasteiger partial charge in [0.2, 0.25) is 5.95 Å². The molecule has 0 spiro atoms. The molecular formula is C8H15N5O10P2. The molecule has 0 fully saturated rings. The van der Waals surface area contributed by atoms with Crippen molar-refractivity contribution in [3.8, 4) is 0 Å². The van der Waals surface area contributed by atoms with Crippen LogP contribution < -0.4 is 11.3 Å². The molecule has 2 rings (SSSR count). The number of ether oxygens (including phenoxy) is 1. The number of aliphatic hydroxyl groups is 1. The zero-order chi connectivity index (χ0) is 19.3. The van der Waals surface area contributed by atoms with E-state index in [1.807, 2.05) is 0 Å². The van der Waals surface area contributed by atoms with Crippen LogP contribution in [0.3, 0.4) is 0 Å². The fourth-order valence-corrected chi connectivity index (χ4v) is 2.54. The molecule has 0 aliphatic rings. The molecular weight excluding hydrogens is 388 g/mol.